The summed E-state index contributed by atoms with van der Waals surface area (Å²) in [5.74, 6) is 0. The SMILES string of the molecule is Cc1c(-c2cccc(C#N)c2)cc2c3c1-c1cccc4c5c6ccccc6ccc5n(c14)B3c1cc(-c3ccccc3)ccc1N2c1ccc(-c2ccccc2)cc1. The molecule has 10 aromatic rings. The molecule has 0 spiro atoms. The van der Waals surface area contributed by atoms with Crippen molar-refractivity contribution in [2.24, 2.45) is 0 Å². The zero-order chi connectivity index (χ0) is 38.5. The summed E-state index contributed by atoms with van der Waals surface area (Å²) in [6.07, 6.45) is 0. The molecule has 2 aliphatic heterocycles. The van der Waals surface area contributed by atoms with Crippen molar-refractivity contribution in [3.8, 4) is 50.6 Å². The zero-order valence-corrected chi connectivity index (χ0v) is 31.8. The van der Waals surface area contributed by atoms with Gasteiger partial charge in [0.2, 0.25) is 0 Å². The quantitative estimate of drug-likeness (QED) is 0.169. The number of anilines is 3. The molecule has 1 aromatic heterocycles. The van der Waals surface area contributed by atoms with Crippen LogP contribution in [0, 0.1) is 18.3 Å². The molecular weight excluding hydrogens is 701 g/mol. The van der Waals surface area contributed by atoms with Crippen LogP contribution in [-0.4, -0.2) is 11.3 Å². The number of aromatic nitrogens is 1. The minimum Gasteiger partial charge on any atom is -0.375 e. The molecule has 12 rings (SSSR count). The van der Waals surface area contributed by atoms with E-state index >= 15 is 0 Å². The summed E-state index contributed by atoms with van der Waals surface area (Å²) in [6.45, 7) is 2.18. The molecule has 0 N–H and O–H groups in total. The lowest BCUT2D eigenvalue weighted by atomic mass is 9.44. The van der Waals surface area contributed by atoms with Gasteiger partial charge in [0.25, 0.3) is 0 Å². The summed E-state index contributed by atoms with van der Waals surface area (Å²) >= 11 is 0. The third-order valence-corrected chi connectivity index (χ3v) is 12.6. The molecule has 0 aliphatic carbocycles. The minimum absolute atomic E-state index is 0.0993. The predicted octanol–water partition coefficient (Wildman–Crippen LogP) is 12.5. The van der Waals surface area contributed by atoms with Crippen LogP contribution in [0.1, 0.15) is 11.1 Å². The number of hydrogen-bond acceptors (Lipinski definition) is 2. The van der Waals surface area contributed by atoms with Crippen molar-refractivity contribution >= 4 is 67.4 Å². The van der Waals surface area contributed by atoms with Crippen molar-refractivity contribution in [3.05, 3.63) is 199 Å². The van der Waals surface area contributed by atoms with E-state index in [0.717, 1.165) is 28.2 Å². The number of fused-ring (bicyclic) bond motifs is 9. The molecule has 268 valence electrons. The Labute approximate surface area is 337 Å². The predicted molar refractivity (Wildman–Crippen MR) is 243 cm³/mol. The van der Waals surface area contributed by atoms with Crippen LogP contribution >= 0.6 is 0 Å². The van der Waals surface area contributed by atoms with Crippen LogP contribution in [0.3, 0.4) is 0 Å². The first-order chi connectivity index (χ1) is 28.7. The van der Waals surface area contributed by atoms with Crippen LogP contribution in [0.25, 0.3) is 77.1 Å². The first-order valence-corrected chi connectivity index (χ1v) is 19.9. The molecule has 0 fully saturated rings. The van der Waals surface area contributed by atoms with E-state index in [1.165, 1.54) is 82.4 Å². The first kappa shape index (κ1) is 32.6. The Balaban J connectivity index is 1.23. The van der Waals surface area contributed by atoms with Gasteiger partial charge in [-0.3, -0.25) is 0 Å². The standard InChI is InChI=1S/C54H34BN3/c1-34-46(41-18-10-12-35(30-41)33-56)32-50-53-51(34)44-20-11-21-45-52-43-19-9-8-17-39(43)24-29-49(52)58(54(44)45)55(53)47-31-40(37-15-6-3-7-16-37)25-28-48(47)57(50)42-26-22-38(23-27-42)36-13-4-2-5-14-36/h2-32H,1H3. The van der Waals surface area contributed by atoms with Crippen molar-refractivity contribution in [2.75, 3.05) is 4.90 Å². The molecule has 0 bridgehead atoms. The van der Waals surface area contributed by atoms with E-state index < -0.39 is 0 Å². The summed E-state index contributed by atoms with van der Waals surface area (Å²) in [5, 5.41) is 15.1. The monoisotopic (exact) mass is 735 g/mol. The second-order valence-electron chi connectivity index (χ2n) is 15.6. The topological polar surface area (TPSA) is 32.0 Å². The number of nitriles is 1. The highest BCUT2D eigenvalue weighted by Crippen LogP contribution is 2.49. The zero-order valence-electron chi connectivity index (χ0n) is 31.8. The highest BCUT2D eigenvalue weighted by molar-refractivity contribution is 6.90. The van der Waals surface area contributed by atoms with Crippen LogP contribution in [-0.2, 0) is 0 Å². The van der Waals surface area contributed by atoms with Gasteiger partial charge in [0.05, 0.1) is 11.6 Å². The lowest BCUT2D eigenvalue weighted by Gasteiger charge is -2.41. The van der Waals surface area contributed by atoms with Crippen molar-refractivity contribution in [3.63, 3.8) is 0 Å². The molecule has 9 aromatic carbocycles. The second kappa shape index (κ2) is 12.5. The summed E-state index contributed by atoms with van der Waals surface area (Å²) in [6, 6.07) is 70.6. The van der Waals surface area contributed by atoms with Gasteiger partial charge in [0, 0.05) is 44.4 Å². The highest BCUT2D eigenvalue weighted by atomic mass is 15.2. The Bertz CT molecular complexity index is 3360. The molecule has 58 heavy (non-hydrogen) atoms. The molecule has 0 atom stereocenters. The third kappa shape index (κ3) is 4.62. The highest BCUT2D eigenvalue weighted by Gasteiger charge is 2.44. The van der Waals surface area contributed by atoms with E-state index in [-0.39, 0.29) is 6.85 Å². The van der Waals surface area contributed by atoms with Crippen LogP contribution in [0.4, 0.5) is 17.1 Å². The van der Waals surface area contributed by atoms with Crippen LogP contribution in [0.15, 0.2) is 188 Å². The average Bonchev–Trinajstić information content (AvgIpc) is 3.64. The van der Waals surface area contributed by atoms with Crippen molar-refractivity contribution < 1.29 is 0 Å². The molecule has 3 heterocycles. The normalized spacial score (nSPS) is 12.5. The number of para-hydroxylation sites is 1. The molecule has 2 aliphatic rings. The van der Waals surface area contributed by atoms with E-state index in [4.69, 9.17) is 0 Å². The molecule has 0 amide bonds. The molecule has 0 saturated heterocycles. The molecule has 3 nitrogen and oxygen atoms in total. The smallest absolute Gasteiger partial charge is 0.333 e. The van der Waals surface area contributed by atoms with Crippen LogP contribution in [0.2, 0.25) is 0 Å². The summed E-state index contributed by atoms with van der Waals surface area (Å²) < 4.78 is 2.65. The Morgan fingerprint density at radius 2 is 1.19 bits per heavy atom. The minimum atomic E-state index is -0.0993. The number of hydrogen-bond donors (Lipinski definition) is 0. The van der Waals surface area contributed by atoms with E-state index in [2.05, 4.69) is 192 Å². The molecule has 0 unspecified atom stereocenters. The Hall–Kier alpha value is -7.61. The van der Waals surface area contributed by atoms with Crippen LogP contribution < -0.4 is 15.8 Å². The Kier molecular flexibility index (Phi) is 7.00. The van der Waals surface area contributed by atoms with Gasteiger partial charge in [-0.05, 0) is 116 Å². The fraction of sp³-hybridized carbons (Fsp3) is 0.0185. The molecular formula is C54H34BN3. The van der Waals surface area contributed by atoms with Gasteiger partial charge in [-0.25, -0.2) is 0 Å². The average molecular weight is 736 g/mol. The molecule has 0 radical (unpaired) electrons. The Morgan fingerprint density at radius 1 is 0.517 bits per heavy atom. The van der Waals surface area contributed by atoms with Crippen molar-refractivity contribution in [1.82, 2.24) is 4.48 Å². The summed E-state index contributed by atoms with van der Waals surface area (Å²) in [7, 11) is 0. The number of rotatable bonds is 4. The van der Waals surface area contributed by atoms with E-state index in [1.807, 2.05) is 18.2 Å². The Morgan fingerprint density at radius 3 is 1.98 bits per heavy atom. The fourth-order valence-corrected chi connectivity index (χ4v) is 10.0. The van der Waals surface area contributed by atoms with Gasteiger partial charge in [-0.2, -0.15) is 5.26 Å². The van der Waals surface area contributed by atoms with Crippen molar-refractivity contribution in [2.45, 2.75) is 6.92 Å². The third-order valence-electron chi connectivity index (χ3n) is 12.6. The van der Waals surface area contributed by atoms with Crippen LogP contribution in [0.5, 0.6) is 0 Å². The lowest BCUT2D eigenvalue weighted by Crippen LogP contribution is -2.57. The summed E-state index contributed by atoms with van der Waals surface area (Å²) in [5.41, 5.74) is 19.8. The summed E-state index contributed by atoms with van der Waals surface area (Å²) in [4.78, 5) is 2.48. The largest absolute Gasteiger partial charge is 0.375 e. The van der Waals surface area contributed by atoms with Gasteiger partial charge in [-0.1, -0.05) is 146 Å². The van der Waals surface area contributed by atoms with Gasteiger partial charge in [0.15, 0.2) is 0 Å². The van der Waals surface area contributed by atoms with Crippen molar-refractivity contribution in [1.29, 1.82) is 5.26 Å². The van der Waals surface area contributed by atoms with E-state index in [9.17, 15) is 5.26 Å². The number of benzene rings is 9. The van der Waals surface area contributed by atoms with E-state index in [1.54, 1.807) is 0 Å². The van der Waals surface area contributed by atoms with Gasteiger partial charge in [-0.15, -0.1) is 0 Å². The van der Waals surface area contributed by atoms with Gasteiger partial charge >= 0.3 is 6.85 Å². The number of nitrogens with zero attached hydrogens (tertiary/aromatic N) is 3. The fourth-order valence-electron chi connectivity index (χ4n) is 10.0. The van der Waals surface area contributed by atoms with Gasteiger partial charge < -0.3 is 9.38 Å². The lowest BCUT2D eigenvalue weighted by molar-refractivity contribution is 1.25. The second-order valence-corrected chi connectivity index (χ2v) is 15.6. The maximum atomic E-state index is 10.0. The van der Waals surface area contributed by atoms with E-state index in [0.29, 0.717) is 5.56 Å². The first-order valence-electron chi connectivity index (χ1n) is 19.9. The van der Waals surface area contributed by atoms with Gasteiger partial charge in [0.1, 0.15) is 0 Å². The molecule has 4 heteroatoms. The molecule has 0 saturated carbocycles. The maximum absolute atomic E-state index is 10.0. The maximum Gasteiger partial charge on any atom is 0.333 e.